The first kappa shape index (κ1) is 15.2. The van der Waals surface area contributed by atoms with Crippen LogP contribution in [0.5, 0.6) is 0 Å². The fourth-order valence-electron chi connectivity index (χ4n) is 1.85. The van der Waals surface area contributed by atoms with Gasteiger partial charge in [0, 0.05) is 5.69 Å². The van der Waals surface area contributed by atoms with E-state index >= 15 is 0 Å². The number of nitro groups is 1. The lowest BCUT2D eigenvalue weighted by Crippen LogP contribution is -2.01. The van der Waals surface area contributed by atoms with Crippen LogP contribution in [0.2, 0.25) is 5.28 Å². The van der Waals surface area contributed by atoms with Gasteiger partial charge in [0.15, 0.2) is 0 Å². The Morgan fingerprint density at radius 1 is 1.33 bits per heavy atom. The van der Waals surface area contributed by atoms with Crippen molar-refractivity contribution in [3.8, 4) is 0 Å². The van der Waals surface area contributed by atoms with Gasteiger partial charge < -0.3 is 5.32 Å². The highest BCUT2D eigenvalue weighted by atomic mass is 35.5. The van der Waals surface area contributed by atoms with Crippen molar-refractivity contribution < 1.29 is 4.92 Å². The maximum absolute atomic E-state index is 10.9. The highest BCUT2D eigenvalue weighted by Crippen LogP contribution is 2.25. The molecule has 0 saturated carbocycles. The minimum absolute atomic E-state index is 0.0392. The van der Waals surface area contributed by atoms with Crippen LogP contribution < -0.4 is 5.32 Å². The SMILES string of the molecule is CCCCc1ccc(Nc2nc(Cl)ncc2[N+](=O)[O-])cc1. The molecule has 1 heterocycles. The molecule has 0 radical (unpaired) electrons. The van der Waals surface area contributed by atoms with E-state index in [1.165, 1.54) is 5.56 Å². The quantitative estimate of drug-likeness (QED) is 0.493. The van der Waals surface area contributed by atoms with Crippen LogP contribution in [0.25, 0.3) is 0 Å². The highest BCUT2D eigenvalue weighted by Gasteiger charge is 2.16. The van der Waals surface area contributed by atoms with Gasteiger partial charge in [-0.1, -0.05) is 25.5 Å². The summed E-state index contributed by atoms with van der Waals surface area (Å²) in [5.74, 6) is 0.0845. The van der Waals surface area contributed by atoms with Gasteiger partial charge in [-0.3, -0.25) is 10.1 Å². The van der Waals surface area contributed by atoms with E-state index in [0.717, 1.165) is 25.5 Å². The van der Waals surface area contributed by atoms with Crippen LogP contribution in [0.4, 0.5) is 17.2 Å². The minimum Gasteiger partial charge on any atom is -0.334 e. The fraction of sp³-hybridized carbons (Fsp3) is 0.286. The molecule has 1 N–H and O–H groups in total. The van der Waals surface area contributed by atoms with Crippen molar-refractivity contribution in [3.63, 3.8) is 0 Å². The zero-order valence-electron chi connectivity index (χ0n) is 11.5. The lowest BCUT2D eigenvalue weighted by Gasteiger charge is -2.07. The Balaban J connectivity index is 2.18. The molecule has 1 aromatic carbocycles. The van der Waals surface area contributed by atoms with Crippen molar-refractivity contribution in [1.29, 1.82) is 0 Å². The molecular formula is C14H15ClN4O2. The third kappa shape index (κ3) is 4.13. The van der Waals surface area contributed by atoms with Gasteiger partial charge in [0.1, 0.15) is 6.20 Å². The van der Waals surface area contributed by atoms with E-state index in [0.29, 0.717) is 5.69 Å². The number of hydrogen-bond donors (Lipinski definition) is 1. The van der Waals surface area contributed by atoms with Crippen molar-refractivity contribution >= 4 is 28.8 Å². The Bertz CT molecular complexity index is 631. The molecule has 0 unspecified atom stereocenters. The second kappa shape index (κ2) is 6.99. The lowest BCUT2D eigenvalue weighted by molar-refractivity contribution is -0.384. The van der Waals surface area contributed by atoms with Crippen LogP contribution in [0.1, 0.15) is 25.3 Å². The fourth-order valence-corrected chi connectivity index (χ4v) is 1.99. The smallest absolute Gasteiger partial charge is 0.329 e. The van der Waals surface area contributed by atoms with E-state index < -0.39 is 4.92 Å². The summed E-state index contributed by atoms with van der Waals surface area (Å²) in [6.45, 7) is 2.15. The molecule has 0 atom stereocenters. The van der Waals surface area contributed by atoms with Crippen LogP contribution in [-0.4, -0.2) is 14.9 Å². The Hall–Kier alpha value is -2.21. The Morgan fingerprint density at radius 3 is 2.67 bits per heavy atom. The lowest BCUT2D eigenvalue weighted by atomic mass is 10.1. The molecule has 21 heavy (non-hydrogen) atoms. The molecule has 0 aliphatic carbocycles. The Kier molecular flexibility index (Phi) is 5.05. The highest BCUT2D eigenvalue weighted by molar-refractivity contribution is 6.28. The molecule has 0 aliphatic heterocycles. The maximum Gasteiger partial charge on any atom is 0.329 e. The molecule has 2 aromatic rings. The number of anilines is 2. The first-order chi connectivity index (χ1) is 10.1. The molecule has 0 amide bonds. The molecule has 0 aliphatic rings. The first-order valence-electron chi connectivity index (χ1n) is 6.63. The van der Waals surface area contributed by atoms with Crippen molar-refractivity contribution in [2.75, 3.05) is 5.32 Å². The van der Waals surface area contributed by atoms with E-state index in [2.05, 4.69) is 22.2 Å². The van der Waals surface area contributed by atoms with Crippen molar-refractivity contribution in [1.82, 2.24) is 9.97 Å². The van der Waals surface area contributed by atoms with Crippen LogP contribution in [0, 0.1) is 10.1 Å². The first-order valence-corrected chi connectivity index (χ1v) is 7.01. The average Bonchev–Trinajstić information content (AvgIpc) is 2.46. The molecular weight excluding hydrogens is 292 g/mol. The van der Waals surface area contributed by atoms with Gasteiger partial charge in [0.05, 0.1) is 4.92 Å². The molecule has 7 heteroatoms. The van der Waals surface area contributed by atoms with E-state index in [9.17, 15) is 10.1 Å². The second-order valence-corrected chi connectivity index (χ2v) is 4.89. The van der Waals surface area contributed by atoms with Gasteiger partial charge >= 0.3 is 5.69 Å². The van der Waals surface area contributed by atoms with Crippen molar-refractivity contribution in [3.05, 3.63) is 51.4 Å². The summed E-state index contributed by atoms with van der Waals surface area (Å²) in [5, 5.41) is 13.8. The minimum atomic E-state index is -0.547. The van der Waals surface area contributed by atoms with Gasteiger partial charge in [-0.25, -0.2) is 4.98 Å². The topological polar surface area (TPSA) is 81.0 Å². The molecule has 0 fully saturated rings. The predicted molar refractivity (Wildman–Crippen MR) is 82.0 cm³/mol. The van der Waals surface area contributed by atoms with E-state index in [-0.39, 0.29) is 16.8 Å². The third-order valence-electron chi connectivity index (χ3n) is 2.97. The maximum atomic E-state index is 10.9. The zero-order chi connectivity index (χ0) is 15.2. The molecule has 0 saturated heterocycles. The number of aromatic nitrogens is 2. The molecule has 6 nitrogen and oxygen atoms in total. The van der Waals surface area contributed by atoms with Crippen LogP contribution in [0.3, 0.4) is 0 Å². The number of unbranched alkanes of at least 4 members (excludes halogenated alkanes) is 1. The van der Waals surface area contributed by atoms with Gasteiger partial charge in [0.25, 0.3) is 0 Å². The second-order valence-electron chi connectivity index (χ2n) is 4.56. The number of rotatable bonds is 6. The predicted octanol–water partition coefficient (Wildman–Crippen LogP) is 4.12. The molecule has 2 rings (SSSR count). The summed E-state index contributed by atoms with van der Waals surface area (Å²) in [6, 6.07) is 7.72. The largest absolute Gasteiger partial charge is 0.334 e. The summed E-state index contributed by atoms with van der Waals surface area (Å²) in [5.41, 5.74) is 1.74. The number of halogens is 1. The number of hydrogen-bond acceptors (Lipinski definition) is 5. The van der Waals surface area contributed by atoms with Crippen LogP contribution in [-0.2, 0) is 6.42 Å². The summed E-state index contributed by atoms with van der Waals surface area (Å²) < 4.78 is 0. The standard InChI is InChI=1S/C14H15ClN4O2/c1-2-3-4-10-5-7-11(8-6-10)17-13-12(19(20)21)9-16-14(15)18-13/h5-9H,2-4H2,1H3,(H,16,17,18). The van der Waals surface area contributed by atoms with Gasteiger partial charge in [-0.2, -0.15) is 4.98 Å². The average molecular weight is 307 g/mol. The van der Waals surface area contributed by atoms with Crippen molar-refractivity contribution in [2.45, 2.75) is 26.2 Å². The van der Waals surface area contributed by atoms with E-state index in [1.807, 2.05) is 24.3 Å². The van der Waals surface area contributed by atoms with E-state index in [4.69, 9.17) is 11.6 Å². The van der Waals surface area contributed by atoms with Crippen LogP contribution in [0.15, 0.2) is 30.5 Å². The Labute approximate surface area is 127 Å². The van der Waals surface area contributed by atoms with Gasteiger partial charge in [-0.05, 0) is 42.1 Å². The monoisotopic (exact) mass is 306 g/mol. The van der Waals surface area contributed by atoms with Crippen molar-refractivity contribution in [2.24, 2.45) is 0 Å². The van der Waals surface area contributed by atoms with Gasteiger partial charge in [-0.15, -0.1) is 0 Å². The number of benzene rings is 1. The third-order valence-corrected chi connectivity index (χ3v) is 3.15. The molecule has 1 aromatic heterocycles. The molecule has 110 valence electrons. The zero-order valence-corrected chi connectivity index (χ0v) is 12.3. The summed E-state index contributed by atoms with van der Waals surface area (Å²) >= 11 is 5.69. The summed E-state index contributed by atoms with van der Waals surface area (Å²) in [7, 11) is 0. The molecule has 0 spiro atoms. The molecule has 0 bridgehead atoms. The summed E-state index contributed by atoms with van der Waals surface area (Å²) in [4.78, 5) is 17.9. The Morgan fingerprint density at radius 2 is 2.05 bits per heavy atom. The normalized spacial score (nSPS) is 10.4. The number of nitrogens with zero attached hydrogens (tertiary/aromatic N) is 3. The summed E-state index contributed by atoms with van der Waals surface area (Å²) in [6.07, 6.45) is 4.40. The number of nitrogens with one attached hydrogen (secondary N) is 1. The van der Waals surface area contributed by atoms with Gasteiger partial charge in [0.2, 0.25) is 11.1 Å². The number of aryl methyl sites for hydroxylation is 1. The van der Waals surface area contributed by atoms with E-state index in [1.54, 1.807) is 0 Å². The van der Waals surface area contributed by atoms with Crippen LogP contribution >= 0.6 is 11.6 Å².